The van der Waals surface area contributed by atoms with Crippen molar-refractivity contribution in [2.24, 2.45) is 0 Å². The molecule has 2 aromatic heterocycles. The second-order valence-corrected chi connectivity index (χ2v) is 6.97. The number of carbonyl (C=O) groups excluding carboxylic acids is 1. The van der Waals surface area contributed by atoms with Gasteiger partial charge in [-0.1, -0.05) is 30.3 Å². The molecule has 1 aliphatic heterocycles. The first kappa shape index (κ1) is 17.3. The molecule has 0 saturated heterocycles. The fourth-order valence-electron chi connectivity index (χ4n) is 3.50. The van der Waals surface area contributed by atoms with Gasteiger partial charge in [0, 0.05) is 19.2 Å². The fraction of sp³-hybridized carbons (Fsp3) is 0.350. The fourth-order valence-corrected chi connectivity index (χ4v) is 3.50. The average Bonchev–Trinajstić information content (AvgIpc) is 3.11. The van der Waals surface area contributed by atoms with E-state index >= 15 is 0 Å². The lowest BCUT2D eigenvalue weighted by molar-refractivity contribution is 0.0673. The molecule has 0 N–H and O–H groups in total. The smallest absolute Gasteiger partial charge is 0.274 e. The lowest BCUT2D eigenvalue weighted by Crippen LogP contribution is -2.41. The van der Waals surface area contributed by atoms with Crippen molar-refractivity contribution in [2.45, 2.75) is 39.3 Å². The summed E-state index contributed by atoms with van der Waals surface area (Å²) in [5, 5.41) is 8.73. The van der Waals surface area contributed by atoms with Gasteiger partial charge < -0.3 is 9.47 Å². The van der Waals surface area contributed by atoms with E-state index in [1.54, 1.807) is 11.1 Å². The molecule has 0 unspecified atom stereocenters. The van der Waals surface area contributed by atoms with E-state index in [1.807, 2.05) is 13.0 Å². The van der Waals surface area contributed by atoms with Crippen LogP contribution in [0.3, 0.4) is 0 Å². The van der Waals surface area contributed by atoms with Gasteiger partial charge in [0.05, 0.1) is 24.5 Å². The van der Waals surface area contributed by atoms with Gasteiger partial charge in [-0.05, 0) is 25.8 Å². The number of rotatable bonds is 4. The Kier molecular flexibility index (Phi) is 4.66. The van der Waals surface area contributed by atoms with Crippen LogP contribution < -0.4 is 0 Å². The third-order valence-corrected chi connectivity index (χ3v) is 4.86. The Morgan fingerprint density at radius 2 is 1.93 bits per heavy atom. The summed E-state index contributed by atoms with van der Waals surface area (Å²) < 4.78 is 2.17. The van der Waals surface area contributed by atoms with Gasteiger partial charge in [0.25, 0.3) is 5.91 Å². The van der Waals surface area contributed by atoms with Crippen LogP contribution in [0.2, 0.25) is 0 Å². The van der Waals surface area contributed by atoms with Crippen molar-refractivity contribution in [1.29, 1.82) is 0 Å². The van der Waals surface area contributed by atoms with Crippen LogP contribution in [0.15, 0.2) is 42.7 Å². The summed E-state index contributed by atoms with van der Waals surface area (Å²) in [5.41, 5.74) is 2.44. The summed E-state index contributed by atoms with van der Waals surface area (Å²) in [6, 6.07) is 10.5. The second-order valence-electron chi connectivity index (χ2n) is 6.97. The Balaban J connectivity index is 1.49. The van der Waals surface area contributed by atoms with Crippen LogP contribution in [0.25, 0.3) is 0 Å². The number of carbonyl (C=O) groups is 1. The molecule has 27 heavy (non-hydrogen) atoms. The molecule has 0 fully saturated rings. The Morgan fingerprint density at radius 3 is 2.67 bits per heavy atom. The van der Waals surface area contributed by atoms with E-state index in [-0.39, 0.29) is 11.9 Å². The third-order valence-electron chi connectivity index (χ3n) is 4.86. The maximum atomic E-state index is 12.7. The predicted octanol–water partition coefficient (Wildman–Crippen LogP) is 2.38. The van der Waals surface area contributed by atoms with Crippen LogP contribution in [0, 0.1) is 6.92 Å². The molecule has 7 heteroatoms. The van der Waals surface area contributed by atoms with E-state index in [9.17, 15) is 4.79 Å². The molecule has 4 rings (SSSR count). The highest BCUT2D eigenvalue weighted by atomic mass is 16.2. The molecule has 0 aliphatic carbocycles. The third kappa shape index (κ3) is 3.58. The molecule has 1 atom stereocenters. The number of aryl methyl sites for hydroxylation is 3. The van der Waals surface area contributed by atoms with Gasteiger partial charge in [0.2, 0.25) is 0 Å². The van der Waals surface area contributed by atoms with Gasteiger partial charge in [-0.15, -0.1) is 10.2 Å². The molecule has 1 aliphatic rings. The Morgan fingerprint density at radius 1 is 1.11 bits per heavy atom. The van der Waals surface area contributed by atoms with Crippen LogP contribution in [0.1, 0.15) is 46.4 Å². The zero-order valence-corrected chi connectivity index (χ0v) is 15.5. The largest absolute Gasteiger partial charge is 0.328 e. The molecular formula is C20H22N6O. The van der Waals surface area contributed by atoms with E-state index in [1.165, 1.54) is 11.8 Å². The number of hydrogen-bond donors (Lipinski definition) is 0. The molecule has 138 valence electrons. The molecule has 1 amide bonds. The summed E-state index contributed by atoms with van der Waals surface area (Å²) in [4.78, 5) is 22.9. The van der Waals surface area contributed by atoms with Crippen LogP contribution in [-0.2, 0) is 19.4 Å². The Bertz CT molecular complexity index is 935. The molecule has 7 nitrogen and oxygen atoms in total. The van der Waals surface area contributed by atoms with Crippen molar-refractivity contribution in [3.05, 3.63) is 71.3 Å². The van der Waals surface area contributed by atoms with E-state index in [0.29, 0.717) is 18.8 Å². The van der Waals surface area contributed by atoms with Crippen LogP contribution >= 0.6 is 0 Å². The summed E-state index contributed by atoms with van der Waals surface area (Å²) in [6.45, 7) is 5.00. The first-order valence-corrected chi connectivity index (χ1v) is 9.16. The SMILES string of the molecule is Cc1cnc(C(=O)N2Cc3nnc(CCc4ccccc4)n3[C@@H](C)C2)cn1. The zero-order valence-electron chi connectivity index (χ0n) is 15.5. The molecule has 0 spiro atoms. The standard InChI is InChI=1S/C20H22N6O/c1-14-10-22-17(11-21-14)20(27)25-12-15(2)26-18(23-24-19(26)13-25)9-8-16-6-4-3-5-7-16/h3-7,10-11,15H,8-9,12-13H2,1-2H3/t15-/m0/s1. The number of fused-ring (bicyclic) bond motifs is 1. The number of amides is 1. The average molecular weight is 362 g/mol. The van der Waals surface area contributed by atoms with Crippen LogP contribution in [0.5, 0.6) is 0 Å². The van der Waals surface area contributed by atoms with Crippen molar-refractivity contribution < 1.29 is 4.79 Å². The maximum absolute atomic E-state index is 12.7. The number of aromatic nitrogens is 5. The predicted molar refractivity (Wildman–Crippen MR) is 100 cm³/mol. The first-order valence-electron chi connectivity index (χ1n) is 9.16. The summed E-state index contributed by atoms with van der Waals surface area (Å²) in [7, 11) is 0. The highest BCUT2D eigenvalue weighted by Gasteiger charge is 2.30. The van der Waals surface area contributed by atoms with E-state index < -0.39 is 0 Å². The van der Waals surface area contributed by atoms with Gasteiger partial charge >= 0.3 is 0 Å². The van der Waals surface area contributed by atoms with Crippen molar-refractivity contribution in [3.63, 3.8) is 0 Å². The molecule has 3 aromatic rings. The van der Waals surface area contributed by atoms with Crippen LogP contribution in [0.4, 0.5) is 0 Å². The Hall–Kier alpha value is -3.09. The van der Waals surface area contributed by atoms with Crippen molar-refractivity contribution >= 4 is 5.91 Å². The normalized spacial score (nSPS) is 16.2. The van der Waals surface area contributed by atoms with Crippen molar-refractivity contribution in [2.75, 3.05) is 6.54 Å². The highest BCUT2D eigenvalue weighted by molar-refractivity contribution is 5.92. The summed E-state index contributed by atoms with van der Waals surface area (Å²) in [6.07, 6.45) is 4.91. The molecular weight excluding hydrogens is 340 g/mol. The lowest BCUT2D eigenvalue weighted by Gasteiger charge is -2.32. The lowest BCUT2D eigenvalue weighted by atomic mass is 10.1. The molecule has 0 radical (unpaired) electrons. The van der Waals surface area contributed by atoms with Gasteiger partial charge in [0.15, 0.2) is 5.82 Å². The van der Waals surface area contributed by atoms with E-state index in [2.05, 4.69) is 55.9 Å². The van der Waals surface area contributed by atoms with Gasteiger partial charge in [-0.3, -0.25) is 9.78 Å². The molecule has 1 aromatic carbocycles. The monoisotopic (exact) mass is 362 g/mol. The molecule has 0 saturated carbocycles. The maximum Gasteiger partial charge on any atom is 0.274 e. The summed E-state index contributed by atoms with van der Waals surface area (Å²) in [5.74, 6) is 1.68. The highest BCUT2D eigenvalue weighted by Crippen LogP contribution is 2.23. The van der Waals surface area contributed by atoms with Crippen LogP contribution in [-0.4, -0.2) is 42.1 Å². The van der Waals surface area contributed by atoms with E-state index in [4.69, 9.17) is 0 Å². The number of hydrogen-bond acceptors (Lipinski definition) is 5. The van der Waals surface area contributed by atoms with E-state index in [0.717, 1.165) is 30.2 Å². The van der Waals surface area contributed by atoms with Gasteiger partial charge in [-0.25, -0.2) is 4.98 Å². The number of benzene rings is 1. The molecule has 0 bridgehead atoms. The summed E-state index contributed by atoms with van der Waals surface area (Å²) >= 11 is 0. The van der Waals surface area contributed by atoms with Gasteiger partial charge in [0.1, 0.15) is 11.5 Å². The topological polar surface area (TPSA) is 76.8 Å². The number of nitrogens with zero attached hydrogens (tertiary/aromatic N) is 6. The van der Waals surface area contributed by atoms with Crippen molar-refractivity contribution in [3.8, 4) is 0 Å². The first-order chi connectivity index (χ1) is 13.1. The molecule has 3 heterocycles. The second kappa shape index (κ2) is 7.26. The quantitative estimate of drug-likeness (QED) is 0.712. The minimum absolute atomic E-state index is 0.116. The minimum atomic E-state index is -0.116. The van der Waals surface area contributed by atoms with Gasteiger partial charge in [-0.2, -0.15) is 0 Å². The minimum Gasteiger partial charge on any atom is -0.328 e. The van der Waals surface area contributed by atoms with Crippen molar-refractivity contribution in [1.82, 2.24) is 29.6 Å². The zero-order chi connectivity index (χ0) is 18.8. The Labute approximate surface area is 158 Å².